The Hall–Kier alpha value is -5.36. The number of aromatic hydroxyl groups is 1. The van der Waals surface area contributed by atoms with Gasteiger partial charge < -0.3 is 30.1 Å². The number of piperidine rings is 2. The Labute approximate surface area is 338 Å². The number of hydrogen-bond donors (Lipinski definition) is 3. The monoisotopic (exact) mass is 801 g/mol. The largest absolute Gasteiger partial charge is 0.508 e. The fraction of sp³-hybridized carbons (Fsp3) is 0.413. The third kappa shape index (κ3) is 13.6. The first-order valence-electron chi connectivity index (χ1n) is 20.1. The Kier molecular flexibility index (Phi) is 16.2. The van der Waals surface area contributed by atoms with Gasteiger partial charge in [0.25, 0.3) is 5.91 Å². The van der Waals surface area contributed by atoms with Gasteiger partial charge in [-0.3, -0.25) is 9.59 Å². The first-order chi connectivity index (χ1) is 27.9. The number of carbonyl (C=O) groups excluding carboxylic acids is 2. The Bertz CT molecular complexity index is 1920. The predicted octanol–water partition coefficient (Wildman–Crippen LogP) is 8.54. The van der Waals surface area contributed by atoms with Crippen LogP contribution in [0.5, 0.6) is 11.5 Å². The summed E-state index contributed by atoms with van der Waals surface area (Å²) in [5.41, 5.74) is 5.77. The second-order valence-corrected chi connectivity index (χ2v) is 15.2. The number of carbonyl (C=O) groups is 3. The van der Waals surface area contributed by atoms with Gasteiger partial charge in [0.2, 0.25) is 5.91 Å². The van der Waals surface area contributed by atoms with Gasteiger partial charge in [0, 0.05) is 31.7 Å². The molecule has 0 aromatic heterocycles. The number of hydrogen-bond acceptors (Lipinski definition) is 6. The van der Waals surface area contributed by atoms with E-state index in [0.29, 0.717) is 25.9 Å². The number of nitrogens with one attached hydrogen (secondary N) is 1. The average Bonchev–Trinajstić information content (AvgIpc) is 3.23. The van der Waals surface area contributed by atoms with Crippen molar-refractivity contribution >= 4 is 17.8 Å². The van der Waals surface area contributed by atoms with Crippen molar-refractivity contribution in [1.29, 1.82) is 0 Å². The number of carboxylic acid groups (broad SMARTS) is 1. The highest BCUT2D eigenvalue weighted by molar-refractivity contribution is 5.95. The fourth-order valence-corrected chi connectivity index (χ4v) is 7.62. The summed E-state index contributed by atoms with van der Waals surface area (Å²) in [6.45, 7) is 5.02. The number of amides is 2. The maximum atomic E-state index is 13.7. The Morgan fingerprint density at radius 2 is 1.38 bits per heavy atom. The number of nitrogens with zero attached hydrogens (tertiary/aromatic N) is 2. The average molecular weight is 802 g/mol. The summed E-state index contributed by atoms with van der Waals surface area (Å²) in [7, 11) is 1.63. The van der Waals surface area contributed by atoms with Crippen LogP contribution in [0.3, 0.4) is 0 Å². The lowest BCUT2D eigenvalue weighted by Gasteiger charge is -2.32. The molecular formula is C46H54F3N3O6. The molecule has 0 radical (unpaired) electrons. The van der Waals surface area contributed by atoms with Gasteiger partial charge in [0.1, 0.15) is 11.5 Å². The van der Waals surface area contributed by atoms with Crippen LogP contribution in [0, 0.1) is 11.8 Å². The minimum Gasteiger partial charge on any atom is -0.508 e. The van der Waals surface area contributed by atoms with Crippen molar-refractivity contribution in [2.24, 2.45) is 11.8 Å². The van der Waals surface area contributed by atoms with Crippen LogP contribution < -0.4 is 10.1 Å². The number of methoxy groups -OCH3 is 1. The molecule has 2 amide bonds. The van der Waals surface area contributed by atoms with E-state index in [1.54, 1.807) is 19.2 Å². The number of halogens is 3. The van der Waals surface area contributed by atoms with E-state index >= 15 is 0 Å². The van der Waals surface area contributed by atoms with Gasteiger partial charge in [-0.05, 0) is 127 Å². The van der Waals surface area contributed by atoms with Crippen LogP contribution in [-0.2, 0) is 29.0 Å². The molecule has 0 bridgehead atoms. The second kappa shape index (κ2) is 21.4. The van der Waals surface area contributed by atoms with Gasteiger partial charge in [-0.25, -0.2) is 4.79 Å². The second-order valence-electron chi connectivity index (χ2n) is 15.2. The van der Waals surface area contributed by atoms with E-state index < -0.39 is 12.1 Å². The van der Waals surface area contributed by atoms with Crippen molar-refractivity contribution in [2.45, 2.75) is 70.5 Å². The number of alkyl halides is 3. The number of carboxylic acids is 1. The molecule has 4 aromatic carbocycles. The lowest BCUT2D eigenvalue weighted by atomic mass is 9.87. The summed E-state index contributed by atoms with van der Waals surface area (Å²) >= 11 is 0. The quantitative estimate of drug-likeness (QED) is 0.117. The molecule has 58 heavy (non-hydrogen) atoms. The van der Waals surface area contributed by atoms with Crippen molar-refractivity contribution in [3.63, 3.8) is 0 Å². The van der Waals surface area contributed by atoms with E-state index in [9.17, 15) is 27.9 Å². The molecule has 2 saturated heterocycles. The summed E-state index contributed by atoms with van der Waals surface area (Å²) in [5.74, 6) is 0.0152. The van der Waals surface area contributed by atoms with Crippen LogP contribution in [0.2, 0.25) is 0 Å². The van der Waals surface area contributed by atoms with Gasteiger partial charge in [-0.1, -0.05) is 73.9 Å². The van der Waals surface area contributed by atoms with Crippen molar-refractivity contribution in [1.82, 2.24) is 15.1 Å². The van der Waals surface area contributed by atoms with Crippen molar-refractivity contribution in [3.8, 4) is 22.6 Å². The highest BCUT2D eigenvalue weighted by atomic mass is 19.4. The highest BCUT2D eigenvalue weighted by Crippen LogP contribution is 2.28. The van der Waals surface area contributed by atoms with E-state index in [2.05, 4.69) is 29.6 Å². The molecule has 2 heterocycles. The molecule has 0 aliphatic carbocycles. The van der Waals surface area contributed by atoms with Crippen molar-refractivity contribution in [2.75, 3.05) is 39.8 Å². The van der Waals surface area contributed by atoms with E-state index in [1.807, 2.05) is 70.5 Å². The summed E-state index contributed by atoms with van der Waals surface area (Å²) in [6.07, 6.45) is 4.68. The molecule has 2 aliphatic rings. The minimum atomic E-state index is -5.08. The predicted molar refractivity (Wildman–Crippen MR) is 218 cm³/mol. The van der Waals surface area contributed by atoms with Gasteiger partial charge in [-0.15, -0.1) is 0 Å². The number of benzene rings is 4. The van der Waals surface area contributed by atoms with Gasteiger partial charge in [0.15, 0.2) is 0 Å². The topological polar surface area (TPSA) is 119 Å². The van der Waals surface area contributed by atoms with E-state index in [0.717, 1.165) is 76.9 Å². The fourth-order valence-electron chi connectivity index (χ4n) is 7.62. The van der Waals surface area contributed by atoms with E-state index in [-0.39, 0.29) is 17.6 Å². The van der Waals surface area contributed by atoms with Crippen LogP contribution in [0.15, 0.2) is 97.1 Å². The van der Waals surface area contributed by atoms with Gasteiger partial charge >= 0.3 is 12.1 Å². The smallest absolute Gasteiger partial charge is 0.490 e. The van der Waals surface area contributed by atoms with Crippen LogP contribution >= 0.6 is 0 Å². The highest BCUT2D eigenvalue weighted by Gasteiger charge is 2.38. The van der Waals surface area contributed by atoms with Crippen LogP contribution in [0.4, 0.5) is 13.2 Å². The molecule has 4 aromatic rings. The molecule has 3 N–H and O–H groups in total. The van der Waals surface area contributed by atoms with Gasteiger partial charge in [-0.2, -0.15) is 13.2 Å². The zero-order chi connectivity index (χ0) is 41.5. The first kappa shape index (κ1) is 43.8. The SMILES string of the molecule is COc1ccc(CC(=O)N(CCc2ccc(O)cc2)Cc2cccc(-c3cccc(C(=O)N4CCC(CCCC5CCNCC5)CC4)c3)c2)cc1.O=C(O)C(F)(F)F. The van der Waals surface area contributed by atoms with Crippen molar-refractivity contribution in [3.05, 3.63) is 119 Å². The normalized spacial score (nSPS) is 14.9. The number of aliphatic carboxylic acids is 1. The number of likely N-dealkylation sites (tertiary alicyclic amines) is 1. The maximum absolute atomic E-state index is 13.7. The van der Waals surface area contributed by atoms with E-state index in [1.165, 1.54) is 45.2 Å². The van der Waals surface area contributed by atoms with E-state index in [4.69, 9.17) is 14.6 Å². The number of ether oxygens (including phenoxy) is 1. The molecule has 0 atom stereocenters. The summed E-state index contributed by atoms with van der Waals surface area (Å²) in [5, 5.41) is 20.3. The number of rotatable bonds is 14. The first-order valence-corrected chi connectivity index (χ1v) is 20.1. The van der Waals surface area contributed by atoms with Crippen LogP contribution in [0.1, 0.15) is 72.0 Å². The molecule has 6 rings (SSSR count). The summed E-state index contributed by atoms with van der Waals surface area (Å²) < 4.78 is 37.0. The molecule has 310 valence electrons. The molecular weight excluding hydrogens is 748 g/mol. The Morgan fingerprint density at radius 3 is 2.00 bits per heavy atom. The molecule has 9 nitrogen and oxygen atoms in total. The zero-order valence-electron chi connectivity index (χ0n) is 33.1. The molecule has 0 saturated carbocycles. The molecule has 2 aliphatic heterocycles. The third-order valence-corrected chi connectivity index (χ3v) is 11.0. The minimum absolute atomic E-state index is 0.0440. The van der Waals surface area contributed by atoms with Gasteiger partial charge in [0.05, 0.1) is 13.5 Å². The lowest BCUT2D eigenvalue weighted by molar-refractivity contribution is -0.192. The molecule has 0 unspecified atom stereocenters. The number of phenolic OH excluding ortho intramolecular Hbond substituents is 1. The van der Waals surface area contributed by atoms with Crippen LogP contribution in [0.25, 0.3) is 11.1 Å². The number of phenols is 1. The molecule has 12 heteroatoms. The molecule has 0 spiro atoms. The Balaban J connectivity index is 0.000000839. The standard InChI is InChI=1S/C44H53N3O4.C2HF3O2/c1-51-42-17-13-36(14-18-42)30-43(49)47(28-23-35-11-15-41(48)16-12-35)32-37-7-3-8-38(29-37)39-9-4-10-40(31-39)44(50)46-26-21-34(22-27-46)6-2-5-33-19-24-45-25-20-33;3-2(4,5)1(6)7/h3-4,7-18,29,31,33-34,45,48H,2,5-6,19-28,30,32H2,1H3;(H,6,7). The van der Waals surface area contributed by atoms with Crippen LogP contribution in [-0.4, -0.2) is 83.8 Å². The van der Waals surface area contributed by atoms with Crippen molar-refractivity contribution < 1.29 is 42.5 Å². The summed E-state index contributed by atoms with van der Waals surface area (Å²) in [4.78, 5) is 40.2. The lowest BCUT2D eigenvalue weighted by Crippen LogP contribution is -2.38. The zero-order valence-corrected chi connectivity index (χ0v) is 33.1. The third-order valence-electron chi connectivity index (χ3n) is 11.0. The Morgan fingerprint density at radius 1 is 0.793 bits per heavy atom. The maximum Gasteiger partial charge on any atom is 0.490 e. The molecule has 2 fully saturated rings. The summed E-state index contributed by atoms with van der Waals surface area (Å²) in [6, 6.07) is 31.1.